The second-order valence-electron chi connectivity index (χ2n) is 8.15. The number of fused-ring (bicyclic) bond motifs is 1. The number of aryl methyl sites for hydroxylation is 1. The zero-order chi connectivity index (χ0) is 19.6. The van der Waals surface area contributed by atoms with E-state index in [1.165, 1.54) is 19.3 Å². The Hall–Kier alpha value is -2.77. The predicted molar refractivity (Wildman–Crippen MR) is 107 cm³/mol. The number of carbonyl (C=O) groups is 1. The van der Waals surface area contributed by atoms with Gasteiger partial charge in [0, 0.05) is 31.0 Å². The van der Waals surface area contributed by atoms with Gasteiger partial charge in [0.05, 0.1) is 12.1 Å². The van der Waals surface area contributed by atoms with Crippen LogP contribution in [0.1, 0.15) is 63.2 Å². The average molecular weight is 394 g/mol. The minimum absolute atomic E-state index is 0.199. The van der Waals surface area contributed by atoms with Gasteiger partial charge in [-0.2, -0.15) is 4.98 Å². The van der Waals surface area contributed by atoms with Gasteiger partial charge >= 0.3 is 0 Å². The molecule has 1 aliphatic heterocycles. The number of hydrogen-bond donors (Lipinski definition) is 0. The highest BCUT2D eigenvalue weighted by Crippen LogP contribution is 2.32. The van der Waals surface area contributed by atoms with Gasteiger partial charge in [-0.15, -0.1) is 5.10 Å². The molecule has 3 heterocycles. The Morgan fingerprint density at radius 3 is 2.76 bits per heavy atom. The van der Waals surface area contributed by atoms with Crippen LogP contribution in [0.15, 0.2) is 22.7 Å². The standard InChI is InChI=1S/C21H26N6O2/c28-19(26-11-4-5-12-26)10-13-27-18-9-8-16(14-17(18)23-25-27)20-22-21(29-24-20)15-6-2-1-3-7-15/h8-9,14-15H,1-7,10-13H2. The third-order valence-electron chi connectivity index (χ3n) is 6.16. The van der Waals surface area contributed by atoms with Crippen molar-refractivity contribution in [3.63, 3.8) is 0 Å². The molecule has 0 atom stereocenters. The van der Waals surface area contributed by atoms with Gasteiger partial charge in [0.2, 0.25) is 17.6 Å². The van der Waals surface area contributed by atoms with Gasteiger partial charge in [-0.05, 0) is 43.9 Å². The average Bonchev–Trinajstić information content (AvgIpc) is 3.53. The Labute approximate surface area is 169 Å². The fraction of sp³-hybridized carbons (Fsp3) is 0.571. The van der Waals surface area contributed by atoms with Crippen LogP contribution < -0.4 is 0 Å². The number of hydrogen-bond acceptors (Lipinski definition) is 6. The van der Waals surface area contributed by atoms with Crippen LogP contribution in [0.3, 0.4) is 0 Å². The van der Waals surface area contributed by atoms with Crippen molar-refractivity contribution in [1.82, 2.24) is 30.0 Å². The highest BCUT2D eigenvalue weighted by molar-refractivity contribution is 5.80. The molecule has 0 radical (unpaired) electrons. The van der Waals surface area contributed by atoms with Gasteiger partial charge in [-0.3, -0.25) is 4.79 Å². The van der Waals surface area contributed by atoms with Crippen molar-refractivity contribution in [1.29, 1.82) is 0 Å². The largest absolute Gasteiger partial charge is 0.343 e. The number of carbonyl (C=O) groups excluding carboxylic acids is 1. The molecule has 5 rings (SSSR count). The Morgan fingerprint density at radius 2 is 1.93 bits per heavy atom. The summed E-state index contributed by atoms with van der Waals surface area (Å²) in [5, 5.41) is 12.7. The lowest BCUT2D eigenvalue weighted by molar-refractivity contribution is -0.130. The molecule has 0 N–H and O–H groups in total. The summed E-state index contributed by atoms with van der Waals surface area (Å²) in [5.74, 6) is 1.95. The number of benzene rings is 1. The number of aromatic nitrogens is 5. The maximum absolute atomic E-state index is 12.3. The lowest BCUT2D eigenvalue weighted by Crippen LogP contribution is -2.28. The van der Waals surface area contributed by atoms with Crippen molar-refractivity contribution in [3.8, 4) is 11.4 Å². The molecule has 152 valence electrons. The molecule has 8 nitrogen and oxygen atoms in total. The molecule has 2 aromatic heterocycles. The molecule has 29 heavy (non-hydrogen) atoms. The monoisotopic (exact) mass is 394 g/mol. The lowest BCUT2D eigenvalue weighted by Gasteiger charge is -2.17. The minimum atomic E-state index is 0.199. The maximum Gasteiger partial charge on any atom is 0.230 e. The van der Waals surface area contributed by atoms with Gasteiger partial charge < -0.3 is 9.42 Å². The highest BCUT2D eigenvalue weighted by atomic mass is 16.5. The summed E-state index contributed by atoms with van der Waals surface area (Å²) in [6, 6.07) is 5.89. The third kappa shape index (κ3) is 3.75. The number of likely N-dealkylation sites (tertiary alicyclic amines) is 1. The van der Waals surface area contributed by atoms with E-state index in [2.05, 4.69) is 20.5 Å². The summed E-state index contributed by atoms with van der Waals surface area (Å²) in [6.45, 7) is 2.31. The van der Waals surface area contributed by atoms with E-state index < -0.39 is 0 Å². The molecule has 1 aromatic carbocycles. The molecule has 1 amide bonds. The van der Waals surface area contributed by atoms with Crippen molar-refractivity contribution in [2.24, 2.45) is 0 Å². The fourth-order valence-corrected chi connectivity index (χ4v) is 4.47. The summed E-state index contributed by atoms with van der Waals surface area (Å²) in [4.78, 5) is 18.9. The predicted octanol–water partition coefficient (Wildman–Crippen LogP) is 3.54. The Kier molecular flexibility index (Phi) is 4.99. The van der Waals surface area contributed by atoms with Crippen molar-refractivity contribution < 1.29 is 9.32 Å². The molecular formula is C21H26N6O2. The van der Waals surface area contributed by atoms with E-state index in [1.807, 2.05) is 23.1 Å². The molecule has 0 bridgehead atoms. The normalized spacial score (nSPS) is 18.0. The molecule has 3 aromatic rings. The summed E-state index contributed by atoms with van der Waals surface area (Å²) in [5.41, 5.74) is 2.57. The van der Waals surface area contributed by atoms with Gasteiger partial charge in [0.1, 0.15) is 5.52 Å². The summed E-state index contributed by atoms with van der Waals surface area (Å²) < 4.78 is 7.35. The van der Waals surface area contributed by atoms with Gasteiger partial charge in [-0.1, -0.05) is 29.6 Å². The highest BCUT2D eigenvalue weighted by Gasteiger charge is 2.22. The van der Waals surface area contributed by atoms with Gasteiger partial charge in [0.15, 0.2) is 0 Å². The molecule has 8 heteroatoms. The molecule has 1 saturated heterocycles. The van der Waals surface area contributed by atoms with Crippen molar-refractivity contribution in [3.05, 3.63) is 24.1 Å². The Morgan fingerprint density at radius 1 is 1.10 bits per heavy atom. The molecule has 1 aliphatic carbocycles. The molecule has 1 saturated carbocycles. The van der Waals surface area contributed by atoms with E-state index in [9.17, 15) is 4.79 Å². The van der Waals surface area contributed by atoms with Crippen LogP contribution in [0.25, 0.3) is 22.4 Å². The molecule has 0 spiro atoms. The Bertz CT molecular complexity index is 998. The van der Waals surface area contributed by atoms with Crippen molar-refractivity contribution in [2.75, 3.05) is 13.1 Å². The van der Waals surface area contributed by atoms with Gasteiger partial charge in [-0.25, -0.2) is 4.68 Å². The fourth-order valence-electron chi connectivity index (χ4n) is 4.47. The van der Waals surface area contributed by atoms with Crippen LogP contribution in [0.5, 0.6) is 0 Å². The Balaban J connectivity index is 1.30. The van der Waals surface area contributed by atoms with Crippen LogP contribution in [0, 0.1) is 0 Å². The number of nitrogens with zero attached hydrogens (tertiary/aromatic N) is 6. The smallest absolute Gasteiger partial charge is 0.230 e. The molecule has 0 unspecified atom stereocenters. The number of rotatable bonds is 5. The first-order chi connectivity index (χ1) is 14.3. The van der Waals surface area contributed by atoms with Crippen LogP contribution >= 0.6 is 0 Å². The SMILES string of the molecule is O=C(CCn1nnc2cc(-c3noc(C4CCCCC4)n3)ccc21)N1CCCC1. The summed E-state index contributed by atoms with van der Waals surface area (Å²) in [6.07, 6.45) is 8.70. The lowest BCUT2D eigenvalue weighted by atomic mass is 9.89. The molecule has 2 aliphatic rings. The van der Waals surface area contributed by atoms with E-state index in [-0.39, 0.29) is 5.91 Å². The molecule has 2 fully saturated rings. The first-order valence-electron chi connectivity index (χ1n) is 10.7. The third-order valence-corrected chi connectivity index (χ3v) is 6.16. The first-order valence-corrected chi connectivity index (χ1v) is 10.7. The summed E-state index contributed by atoms with van der Waals surface area (Å²) >= 11 is 0. The quantitative estimate of drug-likeness (QED) is 0.657. The van der Waals surface area contributed by atoms with Crippen LogP contribution in [-0.4, -0.2) is 49.0 Å². The van der Waals surface area contributed by atoms with E-state index >= 15 is 0 Å². The van der Waals surface area contributed by atoms with Crippen LogP contribution in [0.2, 0.25) is 0 Å². The minimum Gasteiger partial charge on any atom is -0.343 e. The maximum atomic E-state index is 12.3. The first kappa shape index (κ1) is 18.3. The van der Waals surface area contributed by atoms with Crippen molar-refractivity contribution >= 4 is 16.9 Å². The zero-order valence-corrected chi connectivity index (χ0v) is 16.6. The van der Waals surface area contributed by atoms with E-state index in [0.717, 1.165) is 61.3 Å². The second-order valence-corrected chi connectivity index (χ2v) is 8.15. The topological polar surface area (TPSA) is 89.9 Å². The van der Waals surface area contributed by atoms with Crippen LogP contribution in [-0.2, 0) is 11.3 Å². The van der Waals surface area contributed by atoms with Crippen LogP contribution in [0.4, 0.5) is 0 Å². The molecular weight excluding hydrogens is 368 g/mol. The van der Waals surface area contributed by atoms with E-state index in [4.69, 9.17) is 4.52 Å². The van der Waals surface area contributed by atoms with Gasteiger partial charge in [0.25, 0.3) is 0 Å². The second kappa shape index (κ2) is 7.93. The van der Waals surface area contributed by atoms with E-state index in [0.29, 0.717) is 24.7 Å². The summed E-state index contributed by atoms with van der Waals surface area (Å²) in [7, 11) is 0. The number of amides is 1. The zero-order valence-electron chi connectivity index (χ0n) is 16.6. The van der Waals surface area contributed by atoms with Crippen molar-refractivity contribution in [2.45, 2.75) is 63.8 Å². The van der Waals surface area contributed by atoms with E-state index in [1.54, 1.807) is 4.68 Å².